The summed E-state index contributed by atoms with van der Waals surface area (Å²) in [4.78, 5) is 4.59. The van der Waals surface area contributed by atoms with Crippen molar-refractivity contribution in [2.45, 2.75) is 0 Å². The Labute approximate surface area is 92.0 Å². The topological polar surface area (TPSA) is 12.9 Å². The number of nitrogens with zero attached hydrogens (tertiary/aromatic N) is 1. The van der Waals surface area contributed by atoms with Gasteiger partial charge in [0.05, 0.1) is 11.2 Å². The molecule has 0 aliphatic rings. The molecule has 0 amide bonds. The van der Waals surface area contributed by atoms with Gasteiger partial charge < -0.3 is 0 Å². The monoisotopic (exact) mass is 210 g/mol. The summed E-state index contributed by atoms with van der Waals surface area (Å²) in [7, 11) is 0. The van der Waals surface area contributed by atoms with Gasteiger partial charge in [0, 0.05) is 16.3 Å². The second kappa shape index (κ2) is 3.48. The maximum atomic E-state index is 4.59. The number of benzene rings is 1. The van der Waals surface area contributed by atoms with Crippen molar-refractivity contribution in [3.05, 3.63) is 53.2 Å². The van der Waals surface area contributed by atoms with Crippen LogP contribution in [0.2, 0.25) is 0 Å². The highest BCUT2D eigenvalue weighted by Crippen LogP contribution is 2.22. The van der Waals surface area contributed by atoms with Crippen LogP contribution in [0.15, 0.2) is 47.2 Å². The zero-order valence-electron chi connectivity index (χ0n) is 7.97. The quantitative estimate of drug-likeness (QED) is 0.596. The Balaban J connectivity index is 2.22. The minimum absolute atomic E-state index is 0.995. The molecule has 0 atom stereocenters. The standard InChI is InChI=1S/C13H8NS/c1-2-4-12-10(3-1)5-6-13(14-12)11-7-8-15-9-11/h1-4,6-9H. The number of rotatable bonds is 1. The van der Waals surface area contributed by atoms with Crippen LogP contribution in [0.4, 0.5) is 0 Å². The summed E-state index contributed by atoms with van der Waals surface area (Å²) in [5, 5.41) is 5.23. The SMILES string of the molecule is [c]1cc(-c2ccsc2)nc2ccccc12. The Bertz CT molecular complexity index is 584. The van der Waals surface area contributed by atoms with Crippen molar-refractivity contribution in [3.63, 3.8) is 0 Å². The van der Waals surface area contributed by atoms with Crippen LogP contribution in [0.3, 0.4) is 0 Å². The molecule has 15 heavy (non-hydrogen) atoms. The molecule has 0 aliphatic heterocycles. The van der Waals surface area contributed by atoms with E-state index in [9.17, 15) is 0 Å². The summed E-state index contributed by atoms with van der Waals surface area (Å²) in [6.45, 7) is 0. The summed E-state index contributed by atoms with van der Waals surface area (Å²) < 4.78 is 0. The van der Waals surface area contributed by atoms with E-state index >= 15 is 0 Å². The van der Waals surface area contributed by atoms with Crippen molar-refractivity contribution in [3.8, 4) is 11.3 Å². The molecule has 0 bridgehead atoms. The lowest BCUT2D eigenvalue weighted by molar-refractivity contribution is 1.41. The number of hydrogen-bond acceptors (Lipinski definition) is 2. The zero-order valence-corrected chi connectivity index (χ0v) is 8.79. The van der Waals surface area contributed by atoms with E-state index in [0.717, 1.165) is 16.6 Å². The first-order chi connectivity index (χ1) is 7.43. The van der Waals surface area contributed by atoms with E-state index in [4.69, 9.17) is 0 Å². The fourth-order valence-corrected chi connectivity index (χ4v) is 2.21. The van der Waals surface area contributed by atoms with Gasteiger partial charge in [-0.3, -0.25) is 0 Å². The van der Waals surface area contributed by atoms with E-state index in [-0.39, 0.29) is 0 Å². The van der Waals surface area contributed by atoms with E-state index in [2.05, 4.69) is 27.9 Å². The van der Waals surface area contributed by atoms with Crippen molar-refractivity contribution in [2.24, 2.45) is 0 Å². The summed E-state index contributed by atoms with van der Waals surface area (Å²) in [6.07, 6.45) is 0. The second-order valence-corrected chi connectivity index (χ2v) is 4.09. The highest BCUT2D eigenvalue weighted by molar-refractivity contribution is 7.08. The molecule has 71 valence electrons. The molecule has 0 saturated carbocycles. The largest absolute Gasteiger partial charge is 0.248 e. The van der Waals surface area contributed by atoms with Gasteiger partial charge in [-0.15, -0.1) is 0 Å². The van der Waals surface area contributed by atoms with E-state index in [1.807, 2.05) is 30.3 Å². The molecule has 0 N–H and O–H groups in total. The first-order valence-electron chi connectivity index (χ1n) is 4.73. The van der Waals surface area contributed by atoms with Gasteiger partial charge in [0.2, 0.25) is 0 Å². The lowest BCUT2D eigenvalue weighted by Crippen LogP contribution is -1.82. The van der Waals surface area contributed by atoms with Gasteiger partial charge in [-0.1, -0.05) is 18.2 Å². The fraction of sp³-hybridized carbons (Fsp3) is 0. The van der Waals surface area contributed by atoms with Gasteiger partial charge in [-0.05, 0) is 29.6 Å². The predicted molar refractivity (Wildman–Crippen MR) is 63.9 cm³/mol. The van der Waals surface area contributed by atoms with Gasteiger partial charge in [-0.25, -0.2) is 4.98 Å². The Morgan fingerprint density at radius 3 is 2.93 bits per heavy atom. The van der Waals surface area contributed by atoms with Crippen LogP contribution < -0.4 is 0 Å². The first kappa shape index (κ1) is 8.62. The van der Waals surface area contributed by atoms with Gasteiger partial charge in [0.25, 0.3) is 0 Å². The van der Waals surface area contributed by atoms with Crippen molar-refractivity contribution in [1.82, 2.24) is 4.98 Å². The van der Waals surface area contributed by atoms with E-state index in [1.54, 1.807) is 11.3 Å². The molecule has 0 fully saturated rings. The van der Waals surface area contributed by atoms with Crippen molar-refractivity contribution < 1.29 is 0 Å². The summed E-state index contributed by atoms with van der Waals surface area (Å²) in [5.74, 6) is 0. The molecule has 3 aromatic rings. The van der Waals surface area contributed by atoms with Crippen molar-refractivity contribution in [2.75, 3.05) is 0 Å². The second-order valence-electron chi connectivity index (χ2n) is 3.31. The number of pyridine rings is 1. The van der Waals surface area contributed by atoms with Crippen LogP contribution in [0.25, 0.3) is 22.2 Å². The molecular weight excluding hydrogens is 202 g/mol. The van der Waals surface area contributed by atoms with Crippen LogP contribution in [-0.4, -0.2) is 4.98 Å². The first-order valence-corrected chi connectivity index (χ1v) is 5.68. The number of thiophene rings is 1. The van der Waals surface area contributed by atoms with Gasteiger partial charge >= 0.3 is 0 Å². The Kier molecular flexibility index (Phi) is 2.00. The zero-order chi connectivity index (χ0) is 10.1. The van der Waals surface area contributed by atoms with E-state index in [0.29, 0.717) is 0 Å². The highest BCUT2D eigenvalue weighted by Gasteiger charge is 2.00. The number of para-hydroxylation sites is 1. The molecule has 0 spiro atoms. The molecular formula is C13H8NS. The average molecular weight is 210 g/mol. The fourth-order valence-electron chi connectivity index (χ4n) is 1.56. The molecule has 1 aromatic carbocycles. The Morgan fingerprint density at radius 2 is 2.07 bits per heavy atom. The molecule has 1 nitrogen and oxygen atoms in total. The average Bonchev–Trinajstić information content (AvgIpc) is 2.82. The third kappa shape index (κ3) is 1.53. The number of fused-ring (bicyclic) bond motifs is 1. The molecule has 2 heterocycles. The summed E-state index contributed by atoms with van der Waals surface area (Å²) in [6, 6.07) is 15.3. The normalized spacial score (nSPS) is 10.7. The molecule has 1 radical (unpaired) electrons. The maximum Gasteiger partial charge on any atom is 0.0724 e. The van der Waals surface area contributed by atoms with Crippen LogP contribution in [0.1, 0.15) is 0 Å². The third-order valence-electron chi connectivity index (χ3n) is 2.33. The van der Waals surface area contributed by atoms with Gasteiger partial charge in [0.15, 0.2) is 0 Å². The van der Waals surface area contributed by atoms with Crippen LogP contribution in [-0.2, 0) is 0 Å². The van der Waals surface area contributed by atoms with E-state index < -0.39 is 0 Å². The summed E-state index contributed by atoms with van der Waals surface area (Å²) >= 11 is 1.69. The van der Waals surface area contributed by atoms with E-state index in [1.165, 1.54) is 5.56 Å². The number of hydrogen-bond donors (Lipinski definition) is 0. The molecule has 2 heteroatoms. The minimum atomic E-state index is 0.995. The minimum Gasteiger partial charge on any atom is -0.248 e. The molecule has 0 unspecified atom stereocenters. The molecule has 0 aliphatic carbocycles. The highest BCUT2D eigenvalue weighted by atomic mass is 32.1. The summed E-state index contributed by atoms with van der Waals surface area (Å²) in [5.41, 5.74) is 3.16. The van der Waals surface area contributed by atoms with Crippen LogP contribution in [0, 0.1) is 6.07 Å². The molecule has 2 aromatic heterocycles. The number of aromatic nitrogens is 1. The maximum absolute atomic E-state index is 4.59. The molecule has 0 saturated heterocycles. The Morgan fingerprint density at radius 1 is 1.13 bits per heavy atom. The van der Waals surface area contributed by atoms with Gasteiger partial charge in [-0.2, -0.15) is 11.3 Å². The lowest BCUT2D eigenvalue weighted by Gasteiger charge is -1.99. The third-order valence-corrected chi connectivity index (χ3v) is 3.01. The van der Waals surface area contributed by atoms with Crippen LogP contribution >= 0.6 is 11.3 Å². The van der Waals surface area contributed by atoms with Crippen LogP contribution in [0.5, 0.6) is 0 Å². The smallest absolute Gasteiger partial charge is 0.0724 e. The predicted octanol–water partition coefficient (Wildman–Crippen LogP) is 3.76. The van der Waals surface area contributed by atoms with Gasteiger partial charge in [0.1, 0.15) is 0 Å². The van der Waals surface area contributed by atoms with Crippen molar-refractivity contribution >= 4 is 22.2 Å². The van der Waals surface area contributed by atoms with Crippen molar-refractivity contribution in [1.29, 1.82) is 0 Å². The Hall–Kier alpha value is -1.67. The lowest BCUT2D eigenvalue weighted by atomic mass is 10.1. The molecule has 3 rings (SSSR count).